The van der Waals surface area contributed by atoms with E-state index in [1.165, 1.54) is 7.11 Å². The van der Waals surface area contributed by atoms with Gasteiger partial charge in [-0.05, 0) is 25.0 Å². The summed E-state index contributed by atoms with van der Waals surface area (Å²) in [7, 11) is 1.51. The monoisotopic (exact) mass is 295 g/mol. The van der Waals surface area contributed by atoms with Gasteiger partial charge in [0.1, 0.15) is 5.54 Å². The number of nitrogens with one attached hydrogen (secondary N) is 1. The van der Waals surface area contributed by atoms with Crippen molar-refractivity contribution in [2.45, 2.75) is 32.2 Å². The highest BCUT2D eigenvalue weighted by Gasteiger charge is 2.36. The van der Waals surface area contributed by atoms with Gasteiger partial charge in [-0.15, -0.1) is 0 Å². The van der Waals surface area contributed by atoms with Gasteiger partial charge in [-0.25, -0.2) is 4.79 Å². The lowest BCUT2D eigenvalue weighted by Crippen LogP contribution is -2.54. The lowest BCUT2D eigenvalue weighted by atomic mass is 9.93. The molecule has 0 saturated carbocycles. The largest absolute Gasteiger partial charge is 0.493 e. The van der Waals surface area contributed by atoms with Crippen LogP contribution in [0.4, 0.5) is 0 Å². The zero-order chi connectivity index (χ0) is 15.9. The summed E-state index contributed by atoms with van der Waals surface area (Å²) < 4.78 is 10.5. The van der Waals surface area contributed by atoms with E-state index in [2.05, 4.69) is 5.32 Å². The molecule has 0 radical (unpaired) electrons. The second-order valence-corrected chi connectivity index (χ2v) is 4.58. The lowest BCUT2D eigenvalue weighted by molar-refractivity contribution is -0.148. The fourth-order valence-corrected chi connectivity index (χ4v) is 1.97. The molecule has 0 aliphatic heterocycles. The van der Waals surface area contributed by atoms with E-state index in [1.54, 1.807) is 38.1 Å². The van der Waals surface area contributed by atoms with Crippen molar-refractivity contribution >= 4 is 11.9 Å². The van der Waals surface area contributed by atoms with Gasteiger partial charge in [-0.3, -0.25) is 4.79 Å². The van der Waals surface area contributed by atoms with Crippen molar-refractivity contribution in [3.63, 3.8) is 0 Å². The summed E-state index contributed by atoms with van der Waals surface area (Å²) in [6, 6.07) is 6.94. The topological polar surface area (TPSA) is 84.9 Å². The molecule has 0 fully saturated rings. The first-order valence-corrected chi connectivity index (χ1v) is 6.79. The number of ether oxygens (including phenoxy) is 2. The first-order chi connectivity index (χ1) is 9.99. The van der Waals surface area contributed by atoms with E-state index >= 15 is 0 Å². The smallest absolute Gasteiger partial charge is 0.329 e. The third kappa shape index (κ3) is 4.11. The number of methoxy groups -OCH3 is 1. The molecule has 6 nitrogen and oxygen atoms in total. The number of hydrogen-bond acceptors (Lipinski definition) is 4. The molecule has 0 heterocycles. The molecule has 6 heteroatoms. The van der Waals surface area contributed by atoms with Crippen LogP contribution in [0.2, 0.25) is 0 Å². The Bertz CT molecular complexity index is 497. The van der Waals surface area contributed by atoms with Crippen LogP contribution in [0.1, 0.15) is 26.7 Å². The Labute approximate surface area is 124 Å². The van der Waals surface area contributed by atoms with Crippen LogP contribution in [0.3, 0.4) is 0 Å². The average molecular weight is 295 g/mol. The van der Waals surface area contributed by atoms with Crippen LogP contribution in [0.5, 0.6) is 11.5 Å². The first kappa shape index (κ1) is 16.8. The SMILES string of the molecule is CCC(CC)(NC(=O)COc1ccccc1OC)C(=O)O. The Morgan fingerprint density at radius 2 is 1.76 bits per heavy atom. The molecule has 0 bridgehead atoms. The molecule has 1 amide bonds. The summed E-state index contributed by atoms with van der Waals surface area (Å²) in [4.78, 5) is 23.2. The van der Waals surface area contributed by atoms with E-state index in [-0.39, 0.29) is 6.61 Å². The van der Waals surface area contributed by atoms with Crippen LogP contribution in [0.15, 0.2) is 24.3 Å². The first-order valence-electron chi connectivity index (χ1n) is 6.79. The molecule has 2 N–H and O–H groups in total. The van der Waals surface area contributed by atoms with Crippen molar-refractivity contribution in [2.24, 2.45) is 0 Å². The van der Waals surface area contributed by atoms with Gasteiger partial charge in [0.05, 0.1) is 7.11 Å². The quantitative estimate of drug-likeness (QED) is 0.764. The number of aliphatic carboxylic acids is 1. The predicted octanol–water partition coefficient (Wildman–Crippen LogP) is 1.83. The van der Waals surface area contributed by atoms with E-state index in [0.29, 0.717) is 24.3 Å². The maximum atomic E-state index is 11.9. The molecule has 0 unspecified atom stereocenters. The van der Waals surface area contributed by atoms with Gasteiger partial charge in [-0.2, -0.15) is 0 Å². The molecular weight excluding hydrogens is 274 g/mol. The van der Waals surface area contributed by atoms with Gasteiger partial charge in [-0.1, -0.05) is 26.0 Å². The lowest BCUT2D eigenvalue weighted by Gasteiger charge is -2.28. The number of benzene rings is 1. The van der Waals surface area contributed by atoms with E-state index in [0.717, 1.165) is 0 Å². The van der Waals surface area contributed by atoms with Gasteiger partial charge in [0.2, 0.25) is 0 Å². The Kier molecular flexibility index (Phi) is 6.02. The van der Waals surface area contributed by atoms with Crippen LogP contribution < -0.4 is 14.8 Å². The van der Waals surface area contributed by atoms with E-state index < -0.39 is 17.4 Å². The highest BCUT2D eigenvalue weighted by molar-refractivity contribution is 5.87. The summed E-state index contributed by atoms with van der Waals surface area (Å²) in [6.07, 6.45) is 0.610. The van der Waals surface area contributed by atoms with Crippen LogP contribution in [-0.2, 0) is 9.59 Å². The number of para-hydroxylation sites is 2. The van der Waals surface area contributed by atoms with Crippen LogP contribution in [0, 0.1) is 0 Å². The van der Waals surface area contributed by atoms with Crippen molar-refractivity contribution in [3.05, 3.63) is 24.3 Å². The van der Waals surface area contributed by atoms with E-state index in [9.17, 15) is 14.7 Å². The van der Waals surface area contributed by atoms with Crippen molar-refractivity contribution in [2.75, 3.05) is 13.7 Å². The van der Waals surface area contributed by atoms with Crippen LogP contribution >= 0.6 is 0 Å². The van der Waals surface area contributed by atoms with Crippen LogP contribution in [0.25, 0.3) is 0 Å². The average Bonchev–Trinajstić information content (AvgIpc) is 2.50. The van der Waals surface area contributed by atoms with Crippen molar-refractivity contribution in [1.29, 1.82) is 0 Å². The molecule has 0 spiro atoms. The number of carbonyl (C=O) groups is 2. The maximum Gasteiger partial charge on any atom is 0.329 e. The number of carboxylic acids is 1. The van der Waals surface area contributed by atoms with E-state index in [1.807, 2.05) is 0 Å². The zero-order valence-electron chi connectivity index (χ0n) is 12.5. The van der Waals surface area contributed by atoms with Gasteiger partial charge < -0.3 is 19.9 Å². The van der Waals surface area contributed by atoms with Gasteiger partial charge in [0.15, 0.2) is 18.1 Å². The summed E-state index contributed by atoms with van der Waals surface area (Å²) in [6.45, 7) is 3.17. The molecule has 1 aromatic rings. The standard InChI is InChI=1S/C15H21NO5/c1-4-15(5-2,14(18)19)16-13(17)10-21-12-9-7-6-8-11(12)20-3/h6-9H,4-5,10H2,1-3H3,(H,16,17)(H,18,19). The third-order valence-electron chi connectivity index (χ3n) is 3.42. The Balaban J connectivity index is 2.67. The number of amides is 1. The molecule has 1 aromatic carbocycles. The van der Waals surface area contributed by atoms with Gasteiger partial charge in [0, 0.05) is 0 Å². The molecule has 0 aromatic heterocycles. The molecule has 0 atom stereocenters. The second-order valence-electron chi connectivity index (χ2n) is 4.58. The van der Waals surface area contributed by atoms with Crippen molar-refractivity contribution < 1.29 is 24.2 Å². The summed E-state index contributed by atoms with van der Waals surface area (Å²) in [5.74, 6) is -0.574. The molecule has 116 valence electrons. The molecule has 21 heavy (non-hydrogen) atoms. The highest BCUT2D eigenvalue weighted by Crippen LogP contribution is 2.25. The normalized spacial score (nSPS) is 10.8. The summed E-state index contributed by atoms with van der Waals surface area (Å²) in [5, 5.41) is 11.8. The second kappa shape index (κ2) is 7.52. The third-order valence-corrected chi connectivity index (χ3v) is 3.42. The Morgan fingerprint density at radius 1 is 1.19 bits per heavy atom. The number of hydrogen-bond donors (Lipinski definition) is 2. The molecule has 0 aliphatic rings. The van der Waals surface area contributed by atoms with Gasteiger partial charge >= 0.3 is 5.97 Å². The fraction of sp³-hybridized carbons (Fsp3) is 0.467. The maximum absolute atomic E-state index is 11.9. The minimum absolute atomic E-state index is 0.268. The van der Waals surface area contributed by atoms with Gasteiger partial charge in [0.25, 0.3) is 5.91 Å². The number of carbonyl (C=O) groups excluding carboxylic acids is 1. The highest BCUT2D eigenvalue weighted by atomic mass is 16.5. The molecular formula is C15H21NO5. The Hall–Kier alpha value is -2.24. The summed E-state index contributed by atoms with van der Waals surface area (Å²) >= 11 is 0. The van der Waals surface area contributed by atoms with Crippen molar-refractivity contribution in [1.82, 2.24) is 5.32 Å². The molecule has 0 aliphatic carbocycles. The summed E-state index contributed by atoms with van der Waals surface area (Å²) in [5.41, 5.74) is -1.25. The number of carboxylic acid groups (broad SMARTS) is 1. The molecule has 1 rings (SSSR count). The minimum Gasteiger partial charge on any atom is -0.493 e. The van der Waals surface area contributed by atoms with Crippen molar-refractivity contribution in [3.8, 4) is 11.5 Å². The Morgan fingerprint density at radius 3 is 2.24 bits per heavy atom. The van der Waals surface area contributed by atoms with Crippen LogP contribution in [-0.4, -0.2) is 36.2 Å². The predicted molar refractivity (Wildman–Crippen MR) is 77.6 cm³/mol. The number of rotatable bonds is 8. The minimum atomic E-state index is -1.25. The van der Waals surface area contributed by atoms with E-state index in [4.69, 9.17) is 9.47 Å². The molecule has 0 saturated heterocycles. The zero-order valence-corrected chi connectivity index (χ0v) is 12.5. The fourth-order valence-electron chi connectivity index (χ4n) is 1.97.